The van der Waals surface area contributed by atoms with E-state index in [2.05, 4.69) is 31.9 Å². The average molecular weight is 299 g/mol. The molecule has 0 radical (unpaired) electrons. The summed E-state index contributed by atoms with van der Waals surface area (Å²) in [6.45, 7) is 4.18. The number of nitrogens with zero attached hydrogens (tertiary/aromatic N) is 2. The highest BCUT2D eigenvalue weighted by Crippen LogP contribution is 2.25. The highest BCUT2D eigenvalue weighted by Gasteiger charge is 2.09. The smallest absolute Gasteiger partial charge is 0.337 e. The van der Waals surface area contributed by atoms with Crippen LogP contribution in [-0.4, -0.2) is 29.6 Å². The maximum atomic E-state index is 11.4. The lowest BCUT2D eigenvalue weighted by Crippen LogP contribution is -2.08. The van der Waals surface area contributed by atoms with Gasteiger partial charge in [0.25, 0.3) is 0 Å². The minimum Gasteiger partial charge on any atom is -0.465 e. The van der Waals surface area contributed by atoms with Crippen LogP contribution in [-0.2, 0) is 4.74 Å². The van der Waals surface area contributed by atoms with Gasteiger partial charge in [-0.3, -0.25) is 0 Å². The second kappa shape index (κ2) is 7.07. The van der Waals surface area contributed by atoms with Crippen LogP contribution in [0.2, 0.25) is 0 Å². The first-order valence-electron chi connectivity index (χ1n) is 6.56. The Morgan fingerprint density at radius 2 is 2.00 bits per heavy atom. The summed E-state index contributed by atoms with van der Waals surface area (Å²) in [5, 5.41) is 6.10. The number of nitrogens with one attached hydrogen (secondary N) is 2. The van der Waals surface area contributed by atoms with Gasteiger partial charge < -0.3 is 21.1 Å². The van der Waals surface area contributed by atoms with Crippen molar-refractivity contribution in [2.45, 2.75) is 0 Å². The van der Waals surface area contributed by atoms with Gasteiger partial charge in [-0.1, -0.05) is 6.08 Å². The van der Waals surface area contributed by atoms with Crippen molar-refractivity contribution < 1.29 is 9.53 Å². The first kappa shape index (κ1) is 15.3. The van der Waals surface area contributed by atoms with Crippen LogP contribution in [0.3, 0.4) is 0 Å². The Kier molecular flexibility index (Phi) is 4.92. The number of nitrogen functional groups attached to an aromatic ring is 1. The Morgan fingerprint density at radius 1 is 1.32 bits per heavy atom. The van der Waals surface area contributed by atoms with E-state index in [9.17, 15) is 4.79 Å². The Labute approximate surface area is 128 Å². The van der Waals surface area contributed by atoms with Gasteiger partial charge in [0.2, 0.25) is 0 Å². The fourth-order valence-electron chi connectivity index (χ4n) is 1.75. The quantitative estimate of drug-likeness (QED) is 0.555. The Bertz CT molecular complexity index is 670. The number of hydrogen-bond acceptors (Lipinski definition) is 7. The normalized spacial score (nSPS) is 9.86. The lowest BCUT2D eigenvalue weighted by Gasteiger charge is -2.11. The first-order chi connectivity index (χ1) is 10.7. The standard InChI is InChI=1S/C15H17N5O2/c1-3-8-17-13-12(16)14(19-9-18-13)20-11-6-4-10(5-7-11)15(21)22-2/h3-7,9H,1,8,16H2,2H3,(H2,17,18,19,20). The number of hydrogen-bond donors (Lipinski definition) is 3. The molecule has 0 aliphatic rings. The molecule has 0 saturated heterocycles. The predicted octanol–water partition coefficient (Wildman–Crippen LogP) is 2.19. The third kappa shape index (κ3) is 3.51. The molecule has 2 aromatic rings. The fraction of sp³-hybridized carbons (Fsp3) is 0.133. The molecule has 0 spiro atoms. The van der Waals surface area contributed by atoms with Crippen molar-refractivity contribution in [2.75, 3.05) is 30.0 Å². The minimum atomic E-state index is -0.385. The molecule has 2 rings (SSSR count). The van der Waals surface area contributed by atoms with Gasteiger partial charge in [-0.15, -0.1) is 6.58 Å². The molecule has 7 heteroatoms. The van der Waals surface area contributed by atoms with Crippen LogP contribution in [0, 0.1) is 0 Å². The van der Waals surface area contributed by atoms with E-state index in [1.54, 1.807) is 30.3 Å². The zero-order chi connectivity index (χ0) is 15.9. The number of carbonyl (C=O) groups excluding carboxylic acids is 1. The van der Waals surface area contributed by atoms with E-state index in [4.69, 9.17) is 5.73 Å². The lowest BCUT2D eigenvalue weighted by atomic mass is 10.2. The molecule has 0 bridgehead atoms. The zero-order valence-corrected chi connectivity index (χ0v) is 12.2. The molecule has 7 nitrogen and oxygen atoms in total. The molecule has 0 saturated carbocycles. The summed E-state index contributed by atoms with van der Waals surface area (Å²) in [5.74, 6) is 0.625. The van der Waals surface area contributed by atoms with Crippen molar-refractivity contribution in [1.29, 1.82) is 0 Å². The summed E-state index contributed by atoms with van der Waals surface area (Å²) in [6, 6.07) is 6.79. The molecule has 0 aliphatic heterocycles. The van der Waals surface area contributed by atoms with Gasteiger partial charge in [0.1, 0.15) is 12.0 Å². The number of nitrogens with two attached hydrogens (primary N) is 1. The van der Waals surface area contributed by atoms with Gasteiger partial charge in [0.05, 0.1) is 12.7 Å². The number of benzene rings is 1. The number of ether oxygens (including phenoxy) is 1. The van der Waals surface area contributed by atoms with Gasteiger partial charge in [0.15, 0.2) is 11.6 Å². The lowest BCUT2D eigenvalue weighted by molar-refractivity contribution is 0.0601. The van der Waals surface area contributed by atoms with Crippen molar-refractivity contribution in [2.24, 2.45) is 0 Å². The average Bonchev–Trinajstić information content (AvgIpc) is 2.55. The summed E-state index contributed by atoms with van der Waals surface area (Å²) in [6.07, 6.45) is 3.12. The summed E-state index contributed by atoms with van der Waals surface area (Å²) >= 11 is 0. The molecule has 0 unspecified atom stereocenters. The van der Waals surface area contributed by atoms with Gasteiger partial charge >= 0.3 is 5.97 Å². The van der Waals surface area contributed by atoms with Crippen molar-refractivity contribution in [3.8, 4) is 0 Å². The number of methoxy groups -OCH3 is 1. The Balaban J connectivity index is 2.16. The second-order valence-corrected chi connectivity index (χ2v) is 4.35. The third-order valence-electron chi connectivity index (χ3n) is 2.87. The van der Waals surface area contributed by atoms with E-state index in [0.717, 1.165) is 5.69 Å². The number of rotatable bonds is 6. The molecule has 1 aromatic heterocycles. The molecule has 22 heavy (non-hydrogen) atoms. The first-order valence-corrected chi connectivity index (χ1v) is 6.56. The summed E-state index contributed by atoms with van der Waals surface area (Å²) in [7, 11) is 1.34. The molecule has 0 aliphatic carbocycles. The Hall–Kier alpha value is -3.09. The fourth-order valence-corrected chi connectivity index (χ4v) is 1.75. The number of carbonyl (C=O) groups is 1. The summed E-state index contributed by atoms with van der Waals surface area (Å²) in [4.78, 5) is 19.6. The molecule has 0 fully saturated rings. The molecular formula is C15H17N5O2. The molecule has 1 aromatic carbocycles. The second-order valence-electron chi connectivity index (χ2n) is 4.35. The molecule has 0 atom stereocenters. The maximum Gasteiger partial charge on any atom is 0.337 e. The van der Waals surface area contributed by atoms with Crippen LogP contribution >= 0.6 is 0 Å². The number of anilines is 4. The van der Waals surface area contributed by atoms with E-state index in [-0.39, 0.29) is 5.97 Å². The van der Waals surface area contributed by atoms with Gasteiger partial charge in [-0.25, -0.2) is 14.8 Å². The minimum absolute atomic E-state index is 0.385. The van der Waals surface area contributed by atoms with Gasteiger partial charge in [-0.2, -0.15) is 0 Å². The van der Waals surface area contributed by atoms with Gasteiger partial charge in [-0.05, 0) is 24.3 Å². The number of aromatic nitrogens is 2. The molecule has 1 heterocycles. The van der Waals surface area contributed by atoms with E-state index in [1.807, 2.05) is 0 Å². The molecule has 0 amide bonds. The van der Waals surface area contributed by atoms with E-state index >= 15 is 0 Å². The molecule has 4 N–H and O–H groups in total. The Morgan fingerprint density at radius 3 is 2.64 bits per heavy atom. The predicted molar refractivity (Wildman–Crippen MR) is 86.2 cm³/mol. The zero-order valence-electron chi connectivity index (χ0n) is 12.2. The van der Waals surface area contributed by atoms with Crippen molar-refractivity contribution in [3.63, 3.8) is 0 Å². The number of esters is 1. The maximum absolute atomic E-state index is 11.4. The SMILES string of the molecule is C=CCNc1ncnc(Nc2ccc(C(=O)OC)cc2)c1N. The summed E-state index contributed by atoms with van der Waals surface area (Å²) < 4.78 is 4.65. The van der Waals surface area contributed by atoms with E-state index in [0.29, 0.717) is 29.4 Å². The van der Waals surface area contributed by atoms with Crippen LogP contribution in [0.1, 0.15) is 10.4 Å². The van der Waals surface area contributed by atoms with E-state index < -0.39 is 0 Å². The van der Waals surface area contributed by atoms with Crippen LogP contribution in [0.15, 0.2) is 43.2 Å². The van der Waals surface area contributed by atoms with Crippen molar-refractivity contribution >= 4 is 29.0 Å². The van der Waals surface area contributed by atoms with Crippen LogP contribution in [0.25, 0.3) is 0 Å². The van der Waals surface area contributed by atoms with Crippen LogP contribution < -0.4 is 16.4 Å². The van der Waals surface area contributed by atoms with E-state index in [1.165, 1.54) is 13.4 Å². The largest absolute Gasteiger partial charge is 0.465 e. The topological polar surface area (TPSA) is 102 Å². The highest BCUT2D eigenvalue weighted by atomic mass is 16.5. The molecule has 114 valence electrons. The van der Waals surface area contributed by atoms with Gasteiger partial charge in [0, 0.05) is 12.2 Å². The molecular weight excluding hydrogens is 282 g/mol. The van der Waals surface area contributed by atoms with Crippen molar-refractivity contribution in [3.05, 3.63) is 48.8 Å². The van der Waals surface area contributed by atoms with Crippen LogP contribution in [0.4, 0.5) is 23.0 Å². The third-order valence-corrected chi connectivity index (χ3v) is 2.87. The van der Waals surface area contributed by atoms with Crippen molar-refractivity contribution in [1.82, 2.24) is 9.97 Å². The highest BCUT2D eigenvalue weighted by molar-refractivity contribution is 5.90. The van der Waals surface area contributed by atoms with Crippen LogP contribution in [0.5, 0.6) is 0 Å². The monoisotopic (exact) mass is 299 g/mol. The summed E-state index contributed by atoms with van der Waals surface area (Å²) in [5.41, 5.74) is 7.63.